The zero-order valence-corrected chi connectivity index (χ0v) is 13.2. The molecule has 0 saturated heterocycles. The summed E-state index contributed by atoms with van der Waals surface area (Å²) in [4.78, 5) is 20.2. The van der Waals surface area contributed by atoms with Crippen LogP contribution < -0.4 is 10.6 Å². The van der Waals surface area contributed by atoms with Crippen molar-refractivity contribution in [2.75, 3.05) is 18.4 Å². The van der Waals surface area contributed by atoms with E-state index >= 15 is 0 Å². The molecule has 0 radical (unpaired) electrons. The van der Waals surface area contributed by atoms with Crippen LogP contribution >= 0.6 is 11.6 Å². The molecule has 0 aliphatic heterocycles. The number of nitrogens with zero attached hydrogens (tertiary/aromatic N) is 2. The van der Waals surface area contributed by atoms with Crippen LogP contribution in [0.4, 0.5) is 5.95 Å². The molecule has 2 rings (SSSR count). The number of benzene rings is 1. The molecule has 0 unspecified atom stereocenters. The fraction of sp³-hybridized carbons (Fsp3) is 0.312. The van der Waals surface area contributed by atoms with E-state index in [1.165, 1.54) is 12.4 Å². The Morgan fingerprint density at radius 3 is 2.45 bits per heavy atom. The van der Waals surface area contributed by atoms with E-state index in [0.717, 1.165) is 24.9 Å². The molecule has 0 spiro atoms. The first kappa shape index (κ1) is 16.2. The Kier molecular flexibility index (Phi) is 6.15. The summed E-state index contributed by atoms with van der Waals surface area (Å²) in [5.41, 5.74) is 1.58. The predicted molar refractivity (Wildman–Crippen MR) is 88.3 cm³/mol. The van der Waals surface area contributed by atoms with Crippen molar-refractivity contribution in [3.63, 3.8) is 0 Å². The third-order valence-electron chi connectivity index (χ3n) is 3.06. The molecule has 6 heteroatoms. The lowest BCUT2D eigenvalue weighted by Gasteiger charge is -2.06. The van der Waals surface area contributed by atoms with Gasteiger partial charge in [0.2, 0.25) is 5.95 Å². The van der Waals surface area contributed by atoms with Gasteiger partial charge in [-0.05, 0) is 30.5 Å². The fourth-order valence-electron chi connectivity index (χ4n) is 1.85. The number of aromatic nitrogens is 2. The first-order chi connectivity index (χ1) is 10.7. The van der Waals surface area contributed by atoms with Crippen LogP contribution in [0, 0.1) is 0 Å². The normalized spacial score (nSPS) is 10.3. The molecule has 0 aliphatic rings. The van der Waals surface area contributed by atoms with E-state index in [9.17, 15) is 4.79 Å². The average Bonchev–Trinajstić information content (AvgIpc) is 2.55. The molecule has 0 atom stereocenters. The Bertz CT molecular complexity index is 599. The van der Waals surface area contributed by atoms with Crippen molar-refractivity contribution < 1.29 is 4.79 Å². The van der Waals surface area contributed by atoms with Crippen LogP contribution in [0.15, 0.2) is 36.7 Å². The van der Waals surface area contributed by atoms with Crippen molar-refractivity contribution in [1.29, 1.82) is 0 Å². The van der Waals surface area contributed by atoms with E-state index in [1.54, 1.807) is 0 Å². The average molecular weight is 319 g/mol. The number of rotatable bonds is 7. The molecule has 116 valence electrons. The second-order valence-corrected chi connectivity index (χ2v) is 5.29. The van der Waals surface area contributed by atoms with Gasteiger partial charge in [0.1, 0.15) is 0 Å². The first-order valence-corrected chi connectivity index (χ1v) is 7.65. The molecule has 0 saturated carbocycles. The topological polar surface area (TPSA) is 66.9 Å². The minimum atomic E-state index is -0.170. The maximum atomic E-state index is 12.0. The molecular formula is C16H19ClN4O. The summed E-state index contributed by atoms with van der Waals surface area (Å²) in [7, 11) is 0. The van der Waals surface area contributed by atoms with E-state index in [4.69, 9.17) is 11.6 Å². The van der Waals surface area contributed by atoms with Crippen LogP contribution in [0.5, 0.6) is 0 Å². The van der Waals surface area contributed by atoms with Gasteiger partial charge in [0, 0.05) is 30.5 Å². The molecule has 0 bridgehead atoms. The summed E-state index contributed by atoms with van der Waals surface area (Å²) in [5.74, 6) is 0.371. The van der Waals surface area contributed by atoms with E-state index in [0.29, 0.717) is 23.1 Å². The van der Waals surface area contributed by atoms with Gasteiger partial charge in [0.15, 0.2) is 0 Å². The predicted octanol–water partition coefficient (Wildman–Crippen LogP) is 2.92. The molecule has 0 aliphatic carbocycles. The van der Waals surface area contributed by atoms with E-state index in [2.05, 4.69) is 27.5 Å². The lowest BCUT2D eigenvalue weighted by atomic mass is 10.1. The third kappa shape index (κ3) is 5.00. The molecule has 1 aromatic heterocycles. The second kappa shape index (κ2) is 8.34. The molecular weight excluding hydrogens is 300 g/mol. The summed E-state index contributed by atoms with van der Waals surface area (Å²) in [6.45, 7) is 3.43. The van der Waals surface area contributed by atoms with Gasteiger partial charge in [-0.2, -0.15) is 0 Å². The van der Waals surface area contributed by atoms with Gasteiger partial charge in [-0.15, -0.1) is 0 Å². The van der Waals surface area contributed by atoms with Crippen molar-refractivity contribution in [2.24, 2.45) is 0 Å². The van der Waals surface area contributed by atoms with Gasteiger partial charge < -0.3 is 10.6 Å². The van der Waals surface area contributed by atoms with Gasteiger partial charge >= 0.3 is 0 Å². The molecule has 0 fully saturated rings. The first-order valence-electron chi connectivity index (χ1n) is 7.27. The number of hydrogen-bond donors (Lipinski definition) is 2. The zero-order chi connectivity index (χ0) is 15.8. The highest BCUT2D eigenvalue weighted by molar-refractivity contribution is 6.30. The summed E-state index contributed by atoms with van der Waals surface area (Å²) < 4.78 is 0. The van der Waals surface area contributed by atoms with Crippen LogP contribution in [0.2, 0.25) is 5.02 Å². The second-order valence-electron chi connectivity index (χ2n) is 4.85. The Hall–Kier alpha value is -2.14. The number of amides is 1. The number of carbonyl (C=O) groups is 1. The van der Waals surface area contributed by atoms with E-state index < -0.39 is 0 Å². The standard InChI is InChI=1S/C16H19ClN4O/c1-2-8-19-16-20-10-13(11-21-16)15(22)18-9-7-12-3-5-14(17)6-4-12/h3-6,10-11H,2,7-9H2,1H3,(H,18,22)(H,19,20,21). The maximum Gasteiger partial charge on any atom is 0.254 e. The molecule has 2 aromatic rings. The highest BCUT2D eigenvalue weighted by Gasteiger charge is 2.06. The number of nitrogens with one attached hydrogen (secondary N) is 2. The van der Waals surface area contributed by atoms with Crippen LogP contribution in [0.3, 0.4) is 0 Å². The number of anilines is 1. The number of hydrogen-bond acceptors (Lipinski definition) is 4. The summed E-state index contributed by atoms with van der Waals surface area (Å²) in [5, 5.41) is 6.63. The van der Waals surface area contributed by atoms with Crippen LogP contribution in [0.25, 0.3) is 0 Å². The highest BCUT2D eigenvalue weighted by atomic mass is 35.5. The SMILES string of the molecule is CCCNc1ncc(C(=O)NCCc2ccc(Cl)cc2)cn1. The lowest BCUT2D eigenvalue weighted by Crippen LogP contribution is -2.26. The van der Waals surface area contributed by atoms with Gasteiger partial charge in [-0.25, -0.2) is 9.97 Å². The third-order valence-corrected chi connectivity index (χ3v) is 3.31. The minimum absolute atomic E-state index is 0.170. The fourth-order valence-corrected chi connectivity index (χ4v) is 1.97. The summed E-state index contributed by atoms with van der Waals surface area (Å²) >= 11 is 5.83. The van der Waals surface area contributed by atoms with Crippen molar-refractivity contribution in [3.8, 4) is 0 Å². The van der Waals surface area contributed by atoms with Gasteiger partial charge in [0.25, 0.3) is 5.91 Å². The van der Waals surface area contributed by atoms with Gasteiger partial charge in [0.05, 0.1) is 5.56 Å². The maximum absolute atomic E-state index is 12.0. The van der Waals surface area contributed by atoms with Crippen molar-refractivity contribution in [1.82, 2.24) is 15.3 Å². The lowest BCUT2D eigenvalue weighted by molar-refractivity contribution is 0.0953. The molecule has 22 heavy (non-hydrogen) atoms. The molecule has 5 nitrogen and oxygen atoms in total. The molecule has 1 heterocycles. The zero-order valence-electron chi connectivity index (χ0n) is 12.5. The van der Waals surface area contributed by atoms with E-state index in [-0.39, 0.29) is 5.91 Å². The minimum Gasteiger partial charge on any atom is -0.354 e. The number of carbonyl (C=O) groups excluding carboxylic acids is 1. The van der Waals surface area contributed by atoms with Crippen molar-refractivity contribution >= 4 is 23.5 Å². The Morgan fingerprint density at radius 2 is 1.82 bits per heavy atom. The largest absolute Gasteiger partial charge is 0.354 e. The Labute approximate surface area is 135 Å². The van der Waals surface area contributed by atoms with Crippen molar-refractivity contribution in [3.05, 3.63) is 52.8 Å². The molecule has 1 aromatic carbocycles. The van der Waals surface area contributed by atoms with Crippen molar-refractivity contribution in [2.45, 2.75) is 19.8 Å². The summed E-state index contributed by atoms with van der Waals surface area (Å²) in [6.07, 6.45) is 4.81. The van der Waals surface area contributed by atoms with Gasteiger partial charge in [-0.3, -0.25) is 4.79 Å². The monoisotopic (exact) mass is 318 g/mol. The molecule has 2 N–H and O–H groups in total. The Balaban J connectivity index is 1.80. The number of halogens is 1. The molecule has 1 amide bonds. The van der Waals surface area contributed by atoms with Crippen LogP contribution in [-0.2, 0) is 6.42 Å². The van der Waals surface area contributed by atoms with Crippen LogP contribution in [-0.4, -0.2) is 29.0 Å². The van der Waals surface area contributed by atoms with E-state index in [1.807, 2.05) is 24.3 Å². The summed E-state index contributed by atoms with van der Waals surface area (Å²) in [6, 6.07) is 7.58. The Morgan fingerprint density at radius 1 is 1.14 bits per heavy atom. The highest BCUT2D eigenvalue weighted by Crippen LogP contribution is 2.09. The van der Waals surface area contributed by atoms with Gasteiger partial charge in [-0.1, -0.05) is 30.7 Å². The smallest absolute Gasteiger partial charge is 0.254 e. The van der Waals surface area contributed by atoms with Crippen LogP contribution in [0.1, 0.15) is 29.3 Å². The quantitative estimate of drug-likeness (QED) is 0.823.